The molecular weight excluding hydrogens is 444 g/mol. The van der Waals surface area contributed by atoms with Gasteiger partial charge in [0.1, 0.15) is 29.6 Å². The van der Waals surface area contributed by atoms with Gasteiger partial charge < -0.3 is 20.3 Å². The van der Waals surface area contributed by atoms with Gasteiger partial charge in [0.15, 0.2) is 0 Å². The zero-order valence-corrected chi connectivity index (χ0v) is 19.3. The van der Waals surface area contributed by atoms with Crippen molar-refractivity contribution < 1.29 is 14.3 Å². The van der Waals surface area contributed by atoms with Crippen LogP contribution in [-0.2, 0) is 9.59 Å². The van der Waals surface area contributed by atoms with Gasteiger partial charge in [-0.25, -0.2) is 9.97 Å². The number of rotatable bonds is 0. The monoisotopic (exact) mass is 470 g/mol. The van der Waals surface area contributed by atoms with E-state index in [2.05, 4.69) is 25.6 Å². The molecule has 2 aliphatic rings. The number of anilines is 2. The first kappa shape index (κ1) is 23.0. The number of aromatic nitrogens is 2. The number of hydrogen-bond donors (Lipinski definition) is 2. The molecule has 0 radical (unpaired) electrons. The predicted octanol–water partition coefficient (Wildman–Crippen LogP) is 3.78. The van der Waals surface area contributed by atoms with Gasteiger partial charge in [-0.3, -0.25) is 14.6 Å². The maximum atomic E-state index is 12.6. The highest BCUT2D eigenvalue weighted by atomic mass is 35.5. The lowest BCUT2D eigenvalue weighted by molar-refractivity contribution is -0.130. The quantitative estimate of drug-likeness (QED) is 0.606. The zero-order chi connectivity index (χ0) is 23.2. The highest BCUT2D eigenvalue weighted by Crippen LogP contribution is 2.35. The molecule has 1 atom stereocenters. The Morgan fingerprint density at radius 2 is 1.97 bits per heavy atom. The minimum atomic E-state index is -0.626. The van der Waals surface area contributed by atoms with Crippen LogP contribution in [0.2, 0.25) is 5.02 Å². The van der Waals surface area contributed by atoms with Gasteiger partial charge in [-0.15, -0.1) is 0 Å². The summed E-state index contributed by atoms with van der Waals surface area (Å²) in [5.41, 5.74) is 1.29. The number of ether oxygens (including phenoxy) is 1. The molecule has 0 aliphatic carbocycles. The average molecular weight is 471 g/mol. The van der Waals surface area contributed by atoms with Crippen LogP contribution in [0, 0.1) is 0 Å². The lowest BCUT2D eigenvalue weighted by Crippen LogP contribution is -2.28. The van der Waals surface area contributed by atoms with Crippen LogP contribution in [0.5, 0.6) is 5.75 Å². The van der Waals surface area contributed by atoms with E-state index in [4.69, 9.17) is 16.3 Å². The molecule has 33 heavy (non-hydrogen) atoms. The highest BCUT2D eigenvalue weighted by molar-refractivity contribution is 6.32. The van der Waals surface area contributed by atoms with Gasteiger partial charge in [0.05, 0.1) is 22.9 Å². The number of aliphatic imine (C=N–C) groups is 1. The van der Waals surface area contributed by atoms with Gasteiger partial charge >= 0.3 is 0 Å². The fourth-order valence-electron chi connectivity index (χ4n) is 3.82. The van der Waals surface area contributed by atoms with Crippen LogP contribution in [0.4, 0.5) is 17.3 Å². The van der Waals surface area contributed by atoms with Crippen LogP contribution < -0.4 is 15.4 Å². The van der Waals surface area contributed by atoms with Crippen molar-refractivity contribution in [2.45, 2.75) is 38.0 Å². The van der Waals surface area contributed by atoms with E-state index in [1.165, 1.54) is 6.33 Å². The lowest BCUT2D eigenvalue weighted by atomic mass is 10.0. The molecule has 2 aromatic rings. The predicted molar refractivity (Wildman–Crippen MR) is 128 cm³/mol. The third kappa shape index (κ3) is 5.60. The molecule has 0 saturated carbocycles. The Bertz CT molecular complexity index is 1060. The van der Waals surface area contributed by atoms with Crippen molar-refractivity contribution in [3.05, 3.63) is 35.1 Å². The molecule has 3 heterocycles. The fourth-order valence-corrected chi connectivity index (χ4v) is 3.99. The summed E-state index contributed by atoms with van der Waals surface area (Å²) >= 11 is 6.28. The van der Waals surface area contributed by atoms with Crippen LogP contribution in [0.25, 0.3) is 0 Å². The summed E-state index contributed by atoms with van der Waals surface area (Å²) < 4.78 is 5.84. The molecule has 0 fully saturated rings. The van der Waals surface area contributed by atoms with Crippen LogP contribution in [0.15, 0.2) is 29.5 Å². The molecule has 174 valence electrons. The molecule has 2 N–H and O–H groups in total. The number of fused-ring (bicyclic) bond motifs is 2. The third-order valence-corrected chi connectivity index (χ3v) is 6.00. The normalized spacial score (nSPS) is 19.8. The molecule has 2 aliphatic heterocycles. The number of nitrogens with zero attached hydrogens (tertiary/aromatic N) is 4. The van der Waals surface area contributed by atoms with Gasteiger partial charge in [0.2, 0.25) is 11.8 Å². The van der Waals surface area contributed by atoms with Gasteiger partial charge in [-0.1, -0.05) is 11.6 Å². The number of benzene rings is 1. The summed E-state index contributed by atoms with van der Waals surface area (Å²) in [5.74, 6) is 0.893. The summed E-state index contributed by atoms with van der Waals surface area (Å²) in [6.45, 7) is 1.75. The largest absolute Gasteiger partial charge is 0.492 e. The molecule has 2 bridgehead atoms. The molecule has 0 spiro atoms. The number of nitrogens with one attached hydrogen (secondary N) is 2. The minimum absolute atomic E-state index is 0.134. The van der Waals surface area contributed by atoms with Gasteiger partial charge in [0.25, 0.3) is 0 Å². The van der Waals surface area contributed by atoms with Crippen molar-refractivity contribution in [2.24, 2.45) is 4.99 Å². The first-order chi connectivity index (χ1) is 16.0. The number of hydrogen-bond acceptors (Lipinski definition) is 7. The van der Waals surface area contributed by atoms with E-state index in [1.807, 2.05) is 7.05 Å². The summed E-state index contributed by atoms with van der Waals surface area (Å²) in [5, 5.41) is 6.57. The smallest absolute Gasteiger partial charge is 0.238 e. The summed E-state index contributed by atoms with van der Waals surface area (Å²) in [6.07, 6.45) is 6.81. The van der Waals surface area contributed by atoms with Crippen molar-refractivity contribution in [2.75, 3.05) is 37.4 Å². The summed E-state index contributed by atoms with van der Waals surface area (Å²) in [4.78, 5) is 39.8. The molecule has 4 rings (SSSR count). The second-order valence-electron chi connectivity index (χ2n) is 8.10. The maximum Gasteiger partial charge on any atom is 0.238 e. The Hall–Kier alpha value is -3.20. The second kappa shape index (κ2) is 10.6. The Kier molecular flexibility index (Phi) is 7.39. The van der Waals surface area contributed by atoms with Gasteiger partial charge in [-0.2, -0.15) is 0 Å². The standard InChI is InChI=1S/C23H27ClN6O3/c1-30-10-5-9-25-21-20-16(23(32)29-22(20)28-14-27-21)13-26-15-7-8-17(24)18(12-15)33-11-4-2-3-6-19(30)31/h7-8,12-14,16H,2-6,9-11H2,1H3,(H2,25,27,28,29,32). The Labute approximate surface area is 197 Å². The van der Waals surface area contributed by atoms with E-state index < -0.39 is 5.92 Å². The fraction of sp³-hybridized carbons (Fsp3) is 0.435. The number of carbonyl (C=O) groups is 2. The first-order valence-corrected chi connectivity index (χ1v) is 11.5. The molecule has 0 saturated heterocycles. The van der Waals surface area contributed by atoms with Crippen LogP contribution >= 0.6 is 11.6 Å². The molecule has 1 aromatic carbocycles. The zero-order valence-electron chi connectivity index (χ0n) is 18.5. The van der Waals surface area contributed by atoms with E-state index in [1.54, 1.807) is 29.3 Å². The minimum Gasteiger partial charge on any atom is -0.492 e. The van der Waals surface area contributed by atoms with Crippen LogP contribution in [-0.4, -0.2) is 59.6 Å². The topological polar surface area (TPSA) is 109 Å². The van der Waals surface area contributed by atoms with E-state index in [-0.39, 0.29) is 11.8 Å². The van der Waals surface area contributed by atoms with E-state index >= 15 is 0 Å². The molecule has 2 amide bonds. The molecular formula is C23H27ClN6O3. The van der Waals surface area contributed by atoms with Crippen molar-refractivity contribution in [3.63, 3.8) is 0 Å². The second-order valence-corrected chi connectivity index (χ2v) is 8.51. The third-order valence-electron chi connectivity index (χ3n) is 5.69. The number of amides is 2. The lowest BCUT2D eigenvalue weighted by Gasteiger charge is -2.18. The van der Waals surface area contributed by atoms with Crippen molar-refractivity contribution in [1.29, 1.82) is 0 Å². The molecule has 10 heteroatoms. The molecule has 1 unspecified atom stereocenters. The highest BCUT2D eigenvalue weighted by Gasteiger charge is 2.33. The van der Waals surface area contributed by atoms with Crippen LogP contribution in [0.1, 0.15) is 43.6 Å². The first-order valence-electron chi connectivity index (χ1n) is 11.1. The number of halogens is 1. The van der Waals surface area contributed by atoms with Crippen LogP contribution in [0.3, 0.4) is 0 Å². The Morgan fingerprint density at radius 1 is 1.12 bits per heavy atom. The van der Waals surface area contributed by atoms with E-state index in [0.717, 1.165) is 25.7 Å². The van der Waals surface area contributed by atoms with Crippen molar-refractivity contribution >= 4 is 47.0 Å². The number of carbonyl (C=O) groups excluding carboxylic acids is 2. The maximum absolute atomic E-state index is 12.6. The van der Waals surface area contributed by atoms with Crippen molar-refractivity contribution in [3.8, 4) is 5.75 Å². The Balaban J connectivity index is 1.60. The van der Waals surface area contributed by atoms with Gasteiger partial charge in [0, 0.05) is 38.8 Å². The van der Waals surface area contributed by atoms with Gasteiger partial charge in [-0.05, 0) is 37.8 Å². The summed E-state index contributed by atoms with van der Waals surface area (Å²) in [6, 6.07) is 5.25. The Morgan fingerprint density at radius 3 is 2.85 bits per heavy atom. The molecule has 9 nitrogen and oxygen atoms in total. The van der Waals surface area contributed by atoms with E-state index in [9.17, 15) is 9.59 Å². The van der Waals surface area contributed by atoms with E-state index in [0.29, 0.717) is 59.8 Å². The van der Waals surface area contributed by atoms with Crippen molar-refractivity contribution in [1.82, 2.24) is 14.9 Å². The summed E-state index contributed by atoms with van der Waals surface area (Å²) in [7, 11) is 1.82. The average Bonchev–Trinajstić information content (AvgIpc) is 3.13. The SMILES string of the molecule is CN1CCCNc2ncnc3c2C(C=Nc2ccc(Cl)c(c2)OCCCCCC1=O)C(=O)N3. The molecule has 1 aromatic heterocycles.